The average molecular weight is 317 g/mol. The molecular formula is C16H19N3O4. The van der Waals surface area contributed by atoms with Gasteiger partial charge in [-0.3, -0.25) is 19.6 Å². The van der Waals surface area contributed by atoms with E-state index in [0.717, 1.165) is 18.9 Å². The summed E-state index contributed by atoms with van der Waals surface area (Å²) >= 11 is 0. The number of piperidine rings is 1. The largest absolute Gasteiger partial charge is 0.333 e. The average Bonchev–Trinajstić information content (AvgIpc) is 2.56. The van der Waals surface area contributed by atoms with Gasteiger partial charge >= 0.3 is 0 Å². The second-order valence-electron chi connectivity index (χ2n) is 5.22. The molecule has 23 heavy (non-hydrogen) atoms. The zero-order chi connectivity index (χ0) is 16.7. The number of nitrogens with zero attached hydrogens (tertiary/aromatic N) is 1. The lowest BCUT2D eigenvalue weighted by Gasteiger charge is -2.26. The Kier molecular flexibility index (Phi) is 5.87. The van der Waals surface area contributed by atoms with E-state index in [0.29, 0.717) is 24.2 Å². The lowest BCUT2D eigenvalue weighted by molar-refractivity contribution is -0.136. The van der Waals surface area contributed by atoms with Gasteiger partial charge in [-0.2, -0.15) is 0 Å². The molecule has 0 atom stereocenters. The number of anilines is 1. The quantitative estimate of drug-likeness (QED) is 0.431. The number of hydroxylamine groups is 1. The second-order valence-corrected chi connectivity index (χ2v) is 5.22. The van der Waals surface area contributed by atoms with Crippen LogP contribution in [0.4, 0.5) is 5.69 Å². The van der Waals surface area contributed by atoms with Crippen LogP contribution in [0.5, 0.6) is 0 Å². The van der Waals surface area contributed by atoms with E-state index < -0.39 is 5.91 Å². The topological polar surface area (TPSA) is 98.7 Å². The van der Waals surface area contributed by atoms with E-state index in [1.807, 2.05) is 0 Å². The Morgan fingerprint density at radius 2 is 2.04 bits per heavy atom. The number of benzene rings is 1. The molecule has 0 spiro atoms. The SMILES string of the molecule is O=C(C=Cc1ccccc1NC(=O)CN1CCCCC1=O)NO. The van der Waals surface area contributed by atoms with E-state index in [-0.39, 0.29) is 18.4 Å². The van der Waals surface area contributed by atoms with Gasteiger partial charge in [0.05, 0.1) is 6.54 Å². The van der Waals surface area contributed by atoms with Crippen molar-refractivity contribution in [1.29, 1.82) is 0 Å². The minimum atomic E-state index is -0.662. The van der Waals surface area contributed by atoms with Crippen molar-refractivity contribution >= 4 is 29.5 Å². The number of para-hydroxylation sites is 1. The first-order valence-corrected chi connectivity index (χ1v) is 7.39. The molecule has 0 saturated carbocycles. The van der Waals surface area contributed by atoms with Crippen LogP contribution in [0.3, 0.4) is 0 Å². The Balaban J connectivity index is 2.01. The van der Waals surface area contributed by atoms with E-state index in [2.05, 4.69) is 5.32 Å². The van der Waals surface area contributed by atoms with E-state index >= 15 is 0 Å². The Bertz CT molecular complexity index is 628. The van der Waals surface area contributed by atoms with Crippen molar-refractivity contribution in [1.82, 2.24) is 10.4 Å². The predicted molar refractivity (Wildman–Crippen MR) is 84.5 cm³/mol. The van der Waals surface area contributed by atoms with E-state index in [1.54, 1.807) is 29.2 Å². The summed E-state index contributed by atoms with van der Waals surface area (Å²) in [5, 5.41) is 11.2. The van der Waals surface area contributed by atoms with E-state index in [9.17, 15) is 14.4 Å². The summed E-state index contributed by atoms with van der Waals surface area (Å²) < 4.78 is 0. The highest BCUT2D eigenvalue weighted by Crippen LogP contribution is 2.17. The zero-order valence-electron chi connectivity index (χ0n) is 12.6. The van der Waals surface area contributed by atoms with Crippen LogP contribution in [-0.2, 0) is 14.4 Å². The van der Waals surface area contributed by atoms with Crippen molar-refractivity contribution in [3.8, 4) is 0 Å². The van der Waals surface area contributed by atoms with Gasteiger partial charge in [-0.15, -0.1) is 0 Å². The van der Waals surface area contributed by atoms with E-state index in [1.165, 1.54) is 11.6 Å². The molecule has 1 aromatic rings. The molecule has 122 valence electrons. The molecule has 1 saturated heterocycles. The third kappa shape index (κ3) is 4.93. The molecular weight excluding hydrogens is 298 g/mol. The summed E-state index contributed by atoms with van der Waals surface area (Å²) in [5.41, 5.74) is 2.65. The summed E-state index contributed by atoms with van der Waals surface area (Å²) in [4.78, 5) is 36.4. The molecule has 2 rings (SSSR count). The maximum Gasteiger partial charge on any atom is 0.267 e. The summed E-state index contributed by atoms with van der Waals surface area (Å²) in [5.74, 6) is -0.947. The number of hydrogen-bond donors (Lipinski definition) is 3. The highest BCUT2D eigenvalue weighted by atomic mass is 16.5. The molecule has 0 aliphatic carbocycles. The fraction of sp³-hybridized carbons (Fsp3) is 0.312. The highest BCUT2D eigenvalue weighted by molar-refractivity contribution is 5.97. The third-order valence-corrected chi connectivity index (χ3v) is 3.52. The first-order chi connectivity index (χ1) is 11.1. The molecule has 7 heteroatoms. The van der Waals surface area contributed by atoms with Crippen LogP contribution in [0.2, 0.25) is 0 Å². The van der Waals surface area contributed by atoms with E-state index in [4.69, 9.17) is 5.21 Å². The molecule has 3 amide bonds. The predicted octanol–water partition coefficient (Wildman–Crippen LogP) is 1.16. The van der Waals surface area contributed by atoms with Crippen molar-refractivity contribution < 1.29 is 19.6 Å². The normalized spacial score (nSPS) is 14.8. The fourth-order valence-corrected chi connectivity index (χ4v) is 2.35. The van der Waals surface area contributed by atoms with Gasteiger partial charge in [-0.05, 0) is 30.5 Å². The van der Waals surface area contributed by atoms with Crippen LogP contribution < -0.4 is 10.8 Å². The third-order valence-electron chi connectivity index (χ3n) is 3.52. The number of hydrogen-bond acceptors (Lipinski definition) is 4. The lowest BCUT2D eigenvalue weighted by Crippen LogP contribution is -2.40. The van der Waals surface area contributed by atoms with Crippen LogP contribution in [0.25, 0.3) is 6.08 Å². The number of carbonyl (C=O) groups excluding carboxylic acids is 3. The van der Waals surface area contributed by atoms with Crippen molar-refractivity contribution in [2.24, 2.45) is 0 Å². The smallest absolute Gasteiger partial charge is 0.267 e. The van der Waals surface area contributed by atoms with Crippen molar-refractivity contribution in [3.05, 3.63) is 35.9 Å². The van der Waals surface area contributed by atoms with Crippen LogP contribution >= 0.6 is 0 Å². The van der Waals surface area contributed by atoms with Crippen LogP contribution in [0.15, 0.2) is 30.3 Å². The highest BCUT2D eigenvalue weighted by Gasteiger charge is 2.20. The van der Waals surface area contributed by atoms with Crippen LogP contribution in [0.1, 0.15) is 24.8 Å². The first kappa shape index (κ1) is 16.7. The Labute approximate surface area is 133 Å². The van der Waals surface area contributed by atoms with Gasteiger partial charge in [-0.1, -0.05) is 18.2 Å². The summed E-state index contributed by atoms with van der Waals surface area (Å²) in [6.07, 6.45) is 4.90. The van der Waals surface area contributed by atoms with Crippen molar-refractivity contribution in [2.75, 3.05) is 18.4 Å². The molecule has 0 unspecified atom stereocenters. The van der Waals surface area contributed by atoms with Gasteiger partial charge in [0.25, 0.3) is 5.91 Å². The van der Waals surface area contributed by atoms with Gasteiger partial charge < -0.3 is 10.2 Å². The Morgan fingerprint density at radius 1 is 1.26 bits per heavy atom. The lowest BCUT2D eigenvalue weighted by atomic mass is 10.1. The molecule has 1 aromatic carbocycles. The van der Waals surface area contributed by atoms with Crippen molar-refractivity contribution in [3.63, 3.8) is 0 Å². The number of rotatable bonds is 5. The van der Waals surface area contributed by atoms with Gasteiger partial charge in [0.2, 0.25) is 11.8 Å². The molecule has 3 N–H and O–H groups in total. The number of amides is 3. The number of nitrogens with one attached hydrogen (secondary N) is 2. The molecule has 0 bridgehead atoms. The fourth-order valence-electron chi connectivity index (χ4n) is 2.35. The molecule has 1 aliphatic heterocycles. The van der Waals surface area contributed by atoms with Crippen LogP contribution in [-0.4, -0.2) is 40.9 Å². The van der Waals surface area contributed by atoms with Crippen LogP contribution in [0, 0.1) is 0 Å². The second kappa shape index (κ2) is 8.09. The molecule has 7 nitrogen and oxygen atoms in total. The molecule has 0 aromatic heterocycles. The van der Waals surface area contributed by atoms with Gasteiger partial charge in [0, 0.05) is 24.7 Å². The standard InChI is InChI=1S/C16H19N3O4/c20-14(18-23)9-8-12-5-1-2-6-13(12)17-15(21)11-19-10-4-3-7-16(19)22/h1-2,5-6,8-9,23H,3-4,7,10-11H2,(H,17,21)(H,18,20). The minimum Gasteiger partial charge on any atom is -0.333 e. The Hall–Kier alpha value is -2.67. The molecule has 1 heterocycles. The summed E-state index contributed by atoms with van der Waals surface area (Å²) in [7, 11) is 0. The van der Waals surface area contributed by atoms with Gasteiger partial charge in [-0.25, -0.2) is 5.48 Å². The minimum absolute atomic E-state index is 0.000743. The first-order valence-electron chi connectivity index (χ1n) is 7.39. The Morgan fingerprint density at radius 3 is 2.78 bits per heavy atom. The summed E-state index contributed by atoms with van der Waals surface area (Å²) in [6.45, 7) is 0.623. The van der Waals surface area contributed by atoms with Gasteiger partial charge in [0.1, 0.15) is 0 Å². The monoisotopic (exact) mass is 317 g/mol. The maximum atomic E-state index is 12.1. The molecule has 1 aliphatic rings. The molecule has 1 fully saturated rings. The number of carbonyl (C=O) groups is 3. The summed E-state index contributed by atoms with van der Waals surface area (Å²) in [6, 6.07) is 6.95. The molecule has 0 radical (unpaired) electrons. The van der Waals surface area contributed by atoms with Crippen molar-refractivity contribution in [2.45, 2.75) is 19.3 Å². The maximum absolute atomic E-state index is 12.1. The number of likely N-dealkylation sites (tertiary alicyclic amines) is 1. The van der Waals surface area contributed by atoms with Gasteiger partial charge in [0.15, 0.2) is 0 Å². The zero-order valence-corrected chi connectivity index (χ0v) is 12.6.